The van der Waals surface area contributed by atoms with Crippen molar-refractivity contribution < 1.29 is 14.7 Å². The number of H-pyrrole nitrogens is 1. The van der Waals surface area contributed by atoms with Gasteiger partial charge in [0, 0.05) is 28.8 Å². The number of rotatable bonds is 5. The summed E-state index contributed by atoms with van der Waals surface area (Å²) in [6.45, 7) is 0.130. The number of carbonyl (C=O) groups is 2. The number of fused-ring (bicyclic) bond motifs is 1. The molecule has 1 aromatic carbocycles. The summed E-state index contributed by atoms with van der Waals surface area (Å²) >= 11 is 6.08. The van der Waals surface area contributed by atoms with E-state index in [4.69, 9.17) is 16.7 Å². The van der Waals surface area contributed by atoms with Crippen LogP contribution in [0.1, 0.15) is 21.6 Å². The number of hydrogen-bond donors (Lipinski definition) is 3. The topological polar surface area (TPSA) is 112 Å². The average molecular weight is 372 g/mol. The van der Waals surface area contributed by atoms with Crippen LogP contribution in [0.15, 0.2) is 47.4 Å². The lowest BCUT2D eigenvalue weighted by Gasteiger charge is -2.10. The number of carbonyl (C=O) groups excluding carboxylic acids is 1. The molecule has 0 saturated carbocycles. The number of aromatic carboxylic acids is 1. The maximum Gasteiger partial charge on any atom is 0.341 e. The van der Waals surface area contributed by atoms with E-state index in [1.807, 2.05) is 0 Å². The second kappa shape index (κ2) is 7.37. The molecule has 1 amide bonds. The summed E-state index contributed by atoms with van der Waals surface area (Å²) in [7, 11) is 0. The molecule has 0 radical (unpaired) electrons. The Balaban J connectivity index is 1.85. The number of aromatic amines is 1. The van der Waals surface area contributed by atoms with Gasteiger partial charge >= 0.3 is 5.97 Å². The summed E-state index contributed by atoms with van der Waals surface area (Å²) in [6.07, 6.45) is 1.73. The third-order valence-electron chi connectivity index (χ3n) is 3.77. The lowest BCUT2D eigenvalue weighted by atomic mass is 10.1. The molecular weight excluding hydrogens is 358 g/mol. The largest absolute Gasteiger partial charge is 0.477 e. The fourth-order valence-electron chi connectivity index (χ4n) is 2.58. The van der Waals surface area contributed by atoms with Crippen LogP contribution in [0.25, 0.3) is 10.9 Å². The van der Waals surface area contributed by atoms with E-state index in [-0.39, 0.29) is 24.4 Å². The Bertz CT molecular complexity index is 1050. The van der Waals surface area contributed by atoms with Crippen LogP contribution in [0, 0.1) is 0 Å². The smallest absolute Gasteiger partial charge is 0.341 e. The summed E-state index contributed by atoms with van der Waals surface area (Å²) < 4.78 is 0. The fourth-order valence-corrected chi connectivity index (χ4v) is 2.83. The Morgan fingerprint density at radius 2 is 2.04 bits per heavy atom. The maximum atomic E-state index is 12.1. The molecule has 0 aliphatic heterocycles. The van der Waals surface area contributed by atoms with E-state index >= 15 is 0 Å². The van der Waals surface area contributed by atoms with E-state index in [0.717, 1.165) is 0 Å². The first-order valence-corrected chi connectivity index (χ1v) is 8.07. The van der Waals surface area contributed by atoms with Gasteiger partial charge in [-0.15, -0.1) is 0 Å². The highest BCUT2D eigenvalue weighted by molar-refractivity contribution is 6.31. The van der Waals surface area contributed by atoms with Crippen LogP contribution in [-0.2, 0) is 17.8 Å². The van der Waals surface area contributed by atoms with Gasteiger partial charge in [0.2, 0.25) is 5.91 Å². The van der Waals surface area contributed by atoms with Crippen molar-refractivity contribution in [1.29, 1.82) is 0 Å². The van der Waals surface area contributed by atoms with Crippen molar-refractivity contribution in [2.75, 3.05) is 0 Å². The molecule has 8 heteroatoms. The first-order valence-electron chi connectivity index (χ1n) is 7.69. The normalized spacial score (nSPS) is 10.7. The molecule has 132 valence electrons. The van der Waals surface area contributed by atoms with Crippen LogP contribution in [-0.4, -0.2) is 27.0 Å². The number of carboxylic acid groups (broad SMARTS) is 1. The number of hydrogen-bond acceptors (Lipinski definition) is 4. The van der Waals surface area contributed by atoms with Gasteiger partial charge in [0.1, 0.15) is 5.56 Å². The van der Waals surface area contributed by atoms with Gasteiger partial charge in [-0.1, -0.05) is 17.7 Å². The Labute approximate surface area is 152 Å². The summed E-state index contributed by atoms with van der Waals surface area (Å²) in [5.41, 5.74) is 0.567. The zero-order valence-corrected chi connectivity index (χ0v) is 14.2. The van der Waals surface area contributed by atoms with Crippen molar-refractivity contribution in [2.24, 2.45) is 0 Å². The molecule has 2 aromatic heterocycles. The predicted octanol–water partition coefficient (Wildman–Crippen LogP) is 2.13. The van der Waals surface area contributed by atoms with Crippen molar-refractivity contribution in [2.45, 2.75) is 13.0 Å². The number of halogens is 1. The van der Waals surface area contributed by atoms with Gasteiger partial charge in [-0.25, -0.2) is 4.79 Å². The Morgan fingerprint density at radius 1 is 1.23 bits per heavy atom. The van der Waals surface area contributed by atoms with Crippen molar-refractivity contribution in [3.63, 3.8) is 0 Å². The molecule has 0 unspecified atom stereocenters. The predicted molar refractivity (Wildman–Crippen MR) is 96.3 cm³/mol. The van der Waals surface area contributed by atoms with E-state index in [2.05, 4.69) is 15.3 Å². The molecule has 2 heterocycles. The zero-order chi connectivity index (χ0) is 18.7. The molecule has 3 rings (SSSR count). The van der Waals surface area contributed by atoms with E-state index in [1.165, 1.54) is 6.07 Å². The van der Waals surface area contributed by atoms with E-state index in [0.29, 0.717) is 27.2 Å². The maximum absolute atomic E-state index is 12.1. The van der Waals surface area contributed by atoms with Gasteiger partial charge in [-0.3, -0.25) is 14.6 Å². The quantitative estimate of drug-likeness (QED) is 0.636. The standard InChI is InChI=1S/C18H14ClN3O4/c19-12-5-10-7-14(18(25)26)17(24)22-16(10)11(6-12)9-21-15(23)8-13-3-1-2-4-20-13/h1-7H,8-9H2,(H,21,23)(H,22,24)(H,25,26). The molecule has 0 aliphatic rings. The van der Waals surface area contributed by atoms with Gasteiger partial charge in [-0.2, -0.15) is 0 Å². The minimum absolute atomic E-state index is 0.124. The Kier molecular flexibility index (Phi) is 4.99. The van der Waals surface area contributed by atoms with Gasteiger partial charge in [-0.05, 0) is 35.9 Å². The molecule has 3 N–H and O–H groups in total. The lowest BCUT2D eigenvalue weighted by Crippen LogP contribution is -2.25. The number of nitrogens with zero attached hydrogens (tertiary/aromatic N) is 1. The number of benzene rings is 1. The van der Waals surface area contributed by atoms with E-state index in [1.54, 1.807) is 36.5 Å². The minimum atomic E-state index is -1.32. The SMILES string of the molecule is O=C(Cc1ccccn1)NCc1cc(Cl)cc2cc(C(=O)O)c(=O)[nH]c12. The highest BCUT2D eigenvalue weighted by atomic mass is 35.5. The van der Waals surface area contributed by atoms with Gasteiger partial charge < -0.3 is 15.4 Å². The van der Waals surface area contributed by atoms with Crippen LogP contribution < -0.4 is 10.9 Å². The van der Waals surface area contributed by atoms with Gasteiger partial charge in [0.25, 0.3) is 5.56 Å². The monoisotopic (exact) mass is 371 g/mol. The third kappa shape index (κ3) is 3.89. The summed E-state index contributed by atoms with van der Waals surface area (Å²) in [5.74, 6) is -1.56. The van der Waals surface area contributed by atoms with Crippen LogP contribution in [0.4, 0.5) is 0 Å². The Hall–Kier alpha value is -3.19. The molecule has 7 nitrogen and oxygen atoms in total. The van der Waals surface area contributed by atoms with Crippen LogP contribution >= 0.6 is 11.6 Å². The number of carboxylic acids is 1. The fraction of sp³-hybridized carbons (Fsp3) is 0.111. The second-order valence-corrected chi connectivity index (χ2v) is 6.06. The van der Waals surface area contributed by atoms with Crippen molar-refractivity contribution in [3.8, 4) is 0 Å². The summed E-state index contributed by atoms with van der Waals surface area (Å²) in [6, 6.07) is 9.74. The molecule has 3 aromatic rings. The molecule has 0 atom stereocenters. The third-order valence-corrected chi connectivity index (χ3v) is 3.99. The van der Waals surface area contributed by atoms with Crippen LogP contribution in [0.5, 0.6) is 0 Å². The lowest BCUT2D eigenvalue weighted by molar-refractivity contribution is -0.120. The molecule has 0 spiro atoms. The van der Waals surface area contributed by atoms with Gasteiger partial charge in [0.05, 0.1) is 11.9 Å². The molecule has 0 aliphatic carbocycles. The van der Waals surface area contributed by atoms with Crippen molar-refractivity contribution in [3.05, 3.63) is 74.8 Å². The molecule has 0 bridgehead atoms. The molecule has 26 heavy (non-hydrogen) atoms. The number of aromatic nitrogens is 2. The first-order chi connectivity index (χ1) is 12.4. The molecular formula is C18H14ClN3O4. The Morgan fingerprint density at radius 3 is 2.73 bits per heavy atom. The number of pyridine rings is 2. The second-order valence-electron chi connectivity index (χ2n) is 5.62. The molecule has 0 saturated heterocycles. The van der Waals surface area contributed by atoms with E-state index < -0.39 is 11.5 Å². The van der Waals surface area contributed by atoms with Crippen LogP contribution in [0.2, 0.25) is 5.02 Å². The van der Waals surface area contributed by atoms with Crippen molar-refractivity contribution >= 4 is 34.4 Å². The highest BCUT2D eigenvalue weighted by Gasteiger charge is 2.13. The first kappa shape index (κ1) is 17.6. The zero-order valence-electron chi connectivity index (χ0n) is 13.5. The number of nitrogens with one attached hydrogen (secondary N) is 2. The van der Waals surface area contributed by atoms with E-state index in [9.17, 15) is 14.4 Å². The highest BCUT2D eigenvalue weighted by Crippen LogP contribution is 2.22. The number of amides is 1. The minimum Gasteiger partial charge on any atom is -0.477 e. The molecule has 0 fully saturated rings. The summed E-state index contributed by atoms with van der Waals surface area (Å²) in [5, 5.41) is 12.7. The van der Waals surface area contributed by atoms with Crippen molar-refractivity contribution in [1.82, 2.24) is 15.3 Å². The van der Waals surface area contributed by atoms with Gasteiger partial charge in [0.15, 0.2) is 0 Å². The average Bonchev–Trinajstić information content (AvgIpc) is 2.60. The summed E-state index contributed by atoms with van der Waals surface area (Å²) in [4.78, 5) is 41.8. The van der Waals surface area contributed by atoms with Crippen LogP contribution in [0.3, 0.4) is 0 Å².